The number of anilines is 1. The second kappa shape index (κ2) is 5.06. The molecule has 2 atom stereocenters. The van der Waals surface area contributed by atoms with E-state index < -0.39 is 0 Å². The molecule has 1 aliphatic heterocycles. The molecule has 0 aromatic carbocycles. The summed E-state index contributed by atoms with van der Waals surface area (Å²) in [5, 5.41) is 0.549. The quantitative estimate of drug-likeness (QED) is 0.868. The van der Waals surface area contributed by atoms with Gasteiger partial charge in [-0.05, 0) is 19.8 Å². The maximum Gasteiger partial charge on any atom is 0.318 e. The molecule has 2 unspecified atom stereocenters. The van der Waals surface area contributed by atoms with Crippen LogP contribution in [-0.4, -0.2) is 35.7 Å². The zero-order chi connectivity index (χ0) is 12.4. The number of hydrogen-bond donors (Lipinski definition) is 1. The maximum absolute atomic E-state index is 6.13. The summed E-state index contributed by atoms with van der Waals surface area (Å²) >= 11 is 6.13. The first-order chi connectivity index (χ1) is 8.11. The lowest BCUT2D eigenvalue weighted by Gasteiger charge is -2.37. The molecule has 1 saturated heterocycles. The van der Waals surface area contributed by atoms with E-state index in [0.29, 0.717) is 17.1 Å². The highest BCUT2D eigenvalue weighted by Crippen LogP contribution is 2.29. The number of methoxy groups -OCH3 is 1. The van der Waals surface area contributed by atoms with Gasteiger partial charge < -0.3 is 15.4 Å². The van der Waals surface area contributed by atoms with Gasteiger partial charge >= 0.3 is 6.01 Å². The van der Waals surface area contributed by atoms with Crippen LogP contribution in [0, 0.1) is 0 Å². The predicted molar refractivity (Wildman–Crippen MR) is 67.6 cm³/mol. The largest absolute Gasteiger partial charge is 0.467 e. The second-order valence-corrected chi connectivity index (χ2v) is 4.76. The number of nitrogens with two attached hydrogens (primary N) is 1. The fourth-order valence-electron chi connectivity index (χ4n) is 2.17. The van der Waals surface area contributed by atoms with E-state index in [4.69, 9.17) is 22.1 Å². The Hall–Kier alpha value is -1.07. The molecule has 0 spiro atoms. The molecule has 1 aliphatic rings. The molecule has 0 bridgehead atoms. The van der Waals surface area contributed by atoms with Gasteiger partial charge in [-0.3, -0.25) is 0 Å². The Morgan fingerprint density at radius 1 is 1.59 bits per heavy atom. The van der Waals surface area contributed by atoms with E-state index >= 15 is 0 Å². The Bertz CT molecular complexity index is 401. The Morgan fingerprint density at radius 3 is 3.00 bits per heavy atom. The van der Waals surface area contributed by atoms with Crippen LogP contribution in [0.15, 0.2) is 6.20 Å². The van der Waals surface area contributed by atoms with Gasteiger partial charge in [0, 0.05) is 18.6 Å². The molecule has 1 aromatic rings. The first-order valence-corrected chi connectivity index (χ1v) is 6.08. The van der Waals surface area contributed by atoms with Crippen LogP contribution in [0.25, 0.3) is 0 Å². The Kier molecular flexibility index (Phi) is 3.69. The number of nitrogens with zero attached hydrogens (tertiary/aromatic N) is 3. The molecule has 94 valence electrons. The van der Waals surface area contributed by atoms with Crippen LogP contribution in [0.3, 0.4) is 0 Å². The molecule has 0 saturated carbocycles. The van der Waals surface area contributed by atoms with E-state index in [9.17, 15) is 0 Å². The normalized spacial score (nSPS) is 24.8. The van der Waals surface area contributed by atoms with Crippen molar-refractivity contribution in [3.63, 3.8) is 0 Å². The van der Waals surface area contributed by atoms with Crippen LogP contribution in [0.5, 0.6) is 6.01 Å². The molecule has 2 rings (SSSR count). The lowest BCUT2D eigenvalue weighted by molar-refractivity contribution is 0.376. The minimum absolute atomic E-state index is 0.267. The van der Waals surface area contributed by atoms with Crippen LogP contribution < -0.4 is 15.4 Å². The number of halogens is 1. The van der Waals surface area contributed by atoms with Gasteiger partial charge in [0.1, 0.15) is 5.02 Å². The van der Waals surface area contributed by atoms with Crippen LogP contribution in [0.2, 0.25) is 5.02 Å². The molecule has 0 amide bonds. The van der Waals surface area contributed by atoms with Gasteiger partial charge in [0.15, 0.2) is 5.82 Å². The van der Waals surface area contributed by atoms with E-state index in [2.05, 4.69) is 21.8 Å². The number of aromatic nitrogens is 2. The number of hydrogen-bond acceptors (Lipinski definition) is 5. The Balaban J connectivity index is 2.26. The van der Waals surface area contributed by atoms with Crippen molar-refractivity contribution in [2.75, 3.05) is 18.6 Å². The Labute approximate surface area is 106 Å². The van der Waals surface area contributed by atoms with E-state index in [-0.39, 0.29) is 6.04 Å². The molecule has 0 aliphatic carbocycles. The predicted octanol–water partition coefficient (Wildman–Crippen LogP) is 1.45. The van der Waals surface area contributed by atoms with Crippen molar-refractivity contribution < 1.29 is 4.74 Å². The van der Waals surface area contributed by atoms with Gasteiger partial charge in [-0.2, -0.15) is 4.98 Å². The lowest BCUT2D eigenvalue weighted by Crippen LogP contribution is -2.46. The zero-order valence-corrected chi connectivity index (χ0v) is 10.8. The summed E-state index contributed by atoms with van der Waals surface area (Å²) < 4.78 is 5.02. The third kappa shape index (κ3) is 2.61. The monoisotopic (exact) mass is 256 g/mol. The molecule has 1 fully saturated rings. The summed E-state index contributed by atoms with van der Waals surface area (Å²) in [6.45, 7) is 2.99. The van der Waals surface area contributed by atoms with Crippen LogP contribution in [0.1, 0.15) is 19.8 Å². The topological polar surface area (TPSA) is 64.3 Å². The summed E-state index contributed by atoms with van der Waals surface area (Å²) in [6, 6.07) is 0.936. The van der Waals surface area contributed by atoms with Crippen molar-refractivity contribution in [3.8, 4) is 6.01 Å². The standard InChI is InChI=1S/C11H17ClN4O/c1-7-5-8(13)3-4-16(7)10-9(12)6-14-11(15-10)17-2/h6-8H,3-5,13H2,1-2H3. The van der Waals surface area contributed by atoms with Gasteiger partial charge in [0.05, 0.1) is 13.3 Å². The van der Waals surface area contributed by atoms with E-state index in [0.717, 1.165) is 25.2 Å². The van der Waals surface area contributed by atoms with Gasteiger partial charge in [0.2, 0.25) is 0 Å². The number of rotatable bonds is 2. The van der Waals surface area contributed by atoms with Crippen molar-refractivity contribution >= 4 is 17.4 Å². The van der Waals surface area contributed by atoms with Crippen LogP contribution >= 0.6 is 11.6 Å². The first kappa shape index (κ1) is 12.4. The summed E-state index contributed by atoms with van der Waals surface area (Å²) in [7, 11) is 1.54. The minimum Gasteiger partial charge on any atom is -0.467 e. The van der Waals surface area contributed by atoms with Crippen molar-refractivity contribution in [1.82, 2.24) is 9.97 Å². The molecule has 17 heavy (non-hydrogen) atoms. The summed E-state index contributed by atoms with van der Waals surface area (Å²) in [6.07, 6.45) is 3.47. The molecule has 5 nitrogen and oxygen atoms in total. The maximum atomic E-state index is 6.13. The highest BCUT2D eigenvalue weighted by molar-refractivity contribution is 6.32. The number of piperidine rings is 1. The molecule has 2 heterocycles. The number of ether oxygens (including phenoxy) is 1. The molecule has 0 radical (unpaired) electrons. The summed E-state index contributed by atoms with van der Waals surface area (Å²) in [4.78, 5) is 10.4. The highest BCUT2D eigenvalue weighted by Gasteiger charge is 2.26. The van der Waals surface area contributed by atoms with Crippen molar-refractivity contribution in [1.29, 1.82) is 0 Å². The van der Waals surface area contributed by atoms with Crippen LogP contribution in [-0.2, 0) is 0 Å². The fourth-order valence-corrected chi connectivity index (χ4v) is 2.37. The minimum atomic E-state index is 0.267. The average molecular weight is 257 g/mol. The SMILES string of the molecule is COc1ncc(Cl)c(N2CCC(N)CC2C)n1. The molecular formula is C11H17ClN4O. The molecular weight excluding hydrogens is 240 g/mol. The molecule has 1 aromatic heterocycles. The molecule has 2 N–H and O–H groups in total. The zero-order valence-electron chi connectivity index (χ0n) is 10.1. The van der Waals surface area contributed by atoms with Crippen molar-refractivity contribution in [3.05, 3.63) is 11.2 Å². The van der Waals surface area contributed by atoms with E-state index in [1.807, 2.05) is 0 Å². The fraction of sp³-hybridized carbons (Fsp3) is 0.636. The second-order valence-electron chi connectivity index (χ2n) is 4.36. The molecule has 6 heteroatoms. The van der Waals surface area contributed by atoms with E-state index in [1.54, 1.807) is 13.3 Å². The van der Waals surface area contributed by atoms with Gasteiger partial charge in [-0.15, -0.1) is 0 Å². The third-order valence-corrected chi connectivity index (χ3v) is 3.34. The van der Waals surface area contributed by atoms with Crippen molar-refractivity contribution in [2.24, 2.45) is 5.73 Å². The Morgan fingerprint density at radius 2 is 2.35 bits per heavy atom. The van der Waals surface area contributed by atoms with Gasteiger partial charge in [-0.1, -0.05) is 11.6 Å². The summed E-state index contributed by atoms with van der Waals surface area (Å²) in [5.41, 5.74) is 5.94. The van der Waals surface area contributed by atoms with Gasteiger partial charge in [-0.25, -0.2) is 4.98 Å². The third-order valence-electron chi connectivity index (χ3n) is 3.07. The highest BCUT2D eigenvalue weighted by atomic mass is 35.5. The lowest BCUT2D eigenvalue weighted by atomic mass is 9.99. The van der Waals surface area contributed by atoms with Gasteiger partial charge in [0.25, 0.3) is 0 Å². The van der Waals surface area contributed by atoms with Crippen LogP contribution in [0.4, 0.5) is 5.82 Å². The van der Waals surface area contributed by atoms with E-state index in [1.165, 1.54) is 0 Å². The average Bonchev–Trinajstić information content (AvgIpc) is 2.30. The van der Waals surface area contributed by atoms with Crippen molar-refractivity contribution in [2.45, 2.75) is 31.8 Å². The summed E-state index contributed by atoms with van der Waals surface area (Å²) in [5.74, 6) is 0.734. The smallest absolute Gasteiger partial charge is 0.318 e. The first-order valence-electron chi connectivity index (χ1n) is 5.70.